The van der Waals surface area contributed by atoms with Crippen LogP contribution in [-0.2, 0) is 20.8 Å². The van der Waals surface area contributed by atoms with Crippen molar-refractivity contribution in [3.05, 3.63) is 22.3 Å². The van der Waals surface area contributed by atoms with Crippen LogP contribution in [0.25, 0.3) is 0 Å². The molecule has 1 fully saturated rings. The van der Waals surface area contributed by atoms with E-state index in [0.717, 1.165) is 30.2 Å². The normalized spacial score (nSPS) is 16.2. The zero-order valence-corrected chi connectivity index (χ0v) is 19.4. The molecule has 0 saturated carbocycles. The van der Waals surface area contributed by atoms with Gasteiger partial charge in [-0.25, -0.2) is 4.79 Å². The molecule has 0 aliphatic carbocycles. The fourth-order valence-electron chi connectivity index (χ4n) is 3.26. The van der Waals surface area contributed by atoms with Crippen molar-refractivity contribution < 1.29 is 19.1 Å². The number of hydrogen-bond acceptors (Lipinski definition) is 8. The molecule has 2 aromatic rings. The molecule has 1 aliphatic rings. The van der Waals surface area contributed by atoms with Crippen molar-refractivity contribution in [2.75, 3.05) is 24.3 Å². The van der Waals surface area contributed by atoms with Crippen LogP contribution >= 0.6 is 23.1 Å². The molecule has 1 N–H and O–H groups in total. The van der Waals surface area contributed by atoms with Crippen LogP contribution < -0.4 is 5.32 Å². The third-order valence-corrected chi connectivity index (χ3v) is 6.54. The third kappa shape index (κ3) is 5.61. The van der Waals surface area contributed by atoms with Crippen LogP contribution in [0.15, 0.2) is 11.2 Å². The predicted octanol–water partition coefficient (Wildman–Crippen LogP) is 3.86. The van der Waals surface area contributed by atoms with Crippen molar-refractivity contribution in [1.82, 2.24) is 14.8 Å². The second kappa shape index (κ2) is 10.4. The van der Waals surface area contributed by atoms with Gasteiger partial charge < -0.3 is 19.4 Å². The van der Waals surface area contributed by atoms with Gasteiger partial charge in [-0.15, -0.1) is 21.5 Å². The molecule has 0 bridgehead atoms. The molecule has 30 heavy (non-hydrogen) atoms. The minimum atomic E-state index is -0.428. The van der Waals surface area contributed by atoms with E-state index in [4.69, 9.17) is 9.47 Å². The van der Waals surface area contributed by atoms with E-state index in [1.165, 1.54) is 23.1 Å². The molecule has 0 radical (unpaired) electrons. The number of aryl methyl sites for hydroxylation is 1. The largest absolute Gasteiger partial charge is 0.462 e. The first-order valence-corrected chi connectivity index (χ1v) is 11.9. The summed E-state index contributed by atoms with van der Waals surface area (Å²) in [6.07, 6.45) is 2.25. The highest BCUT2D eigenvalue weighted by Crippen LogP contribution is 2.29. The van der Waals surface area contributed by atoms with E-state index in [1.807, 2.05) is 6.92 Å². The van der Waals surface area contributed by atoms with Crippen molar-refractivity contribution in [1.29, 1.82) is 0 Å². The maximum absolute atomic E-state index is 12.6. The van der Waals surface area contributed by atoms with Gasteiger partial charge in [-0.05, 0) is 32.8 Å². The lowest BCUT2D eigenvalue weighted by Crippen LogP contribution is -2.19. The lowest BCUT2D eigenvalue weighted by atomic mass is 10.2. The molecular weight excluding hydrogens is 424 g/mol. The number of thiophene rings is 1. The number of nitrogens with zero attached hydrogens (tertiary/aromatic N) is 3. The smallest absolute Gasteiger partial charge is 0.341 e. The fourth-order valence-corrected chi connectivity index (χ4v) is 4.93. The van der Waals surface area contributed by atoms with Crippen molar-refractivity contribution in [3.8, 4) is 0 Å². The summed E-state index contributed by atoms with van der Waals surface area (Å²) >= 11 is 2.70. The van der Waals surface area contributed by atoms with E-state index >= 15 is 0 Å². The number of hydrogen-bond donors (Lipinski definition) is 1. The zero-order valence-electron chi connectivity index (χ0n) is 17.8. The van der Waals surface area contributed by atoms with Gasteiger partial charge in [-0.3, -0.25) is 4.79 Å². The van der Waals surface area contributed by atoms with Gasteiger partial charge in [0.2, 0.25) is 5.91 Å². The molecule has 8 nitrogen and oxygen atoms in total. The highest BCUT2D eigenvalue weighted by molar-refractivity contribution is 7.99. The molecule has 1 unspecified atom stereocenters. The van der Waals surface area contributed by atoms with E-state index in [1.54, 1.807) is 13.0 Å². The number of ether oxygens (including phenoxy) is 2. The highest BCUT2D eigenvalue weighted by atomic mass is 32.2. The number of esters is 1. The molecular formula is C20H28N4O4S2. The van der Waals surface area contributed by atoms with Gasteiger partial charge in [0.05, 0.1) is 30.6 Å². The summed E-state index contributed by atoms with van der Waals surface area (Å²) in [6, 6.07) is 1.73. The van der Waals surface area contributed by atoms with Crippen LogP contribution in [0.1, 0.15) is 60.6 Å². The average molecular weight is 453 g/mol. The lowest BCUT2D eigenvalue weighted by molar-refractivity contribution is -0.113. The molecule has 164 valence electrons. The summed E-state index contributed by atoms with van der Waals surface area (Å²) in [5.41, 5.74) is 0.390. The Morgan fingerprint density at radius 3 is 2.90 bits per heavy atom. The summed E-state index contributed by atoms with van der Waals surface area (Å²) < 4.78 is 12.9. The number of rotatable bonds is 9. The average Bonchev–Trinajstić information content (AvgIpc) is 3.41. The zero-order chi connectivity index (χ0) is 21.7. The van der Waals surface area contributed by atoms with Crippen LogP contribution in [0.3, 0.4) is 0 Å². The van der Waals surface area contributed by atoms with Gasteiger partial charge in [-0.1, -0.05) is 25.6 Å². The summed E-state index contributed by atoms with van der Waals surface area (Å²) in [4.78, 5) is 25.6. The van der Waals surface area contributed by atoms with E-state index in [-0.39, 0.29) is 30.3 Å². The Morgan fingerprint density at radius 1 is 1.43 bits per heavy atom. The summed E-state index contributed by atoms with van der Waals surface area (Å²) in [6.45, 7) is 9.57. The Bertz CT molecular complexity index is 887. The molecule has 1 saturated heterocycles. The Morgan fingerprint density at radius 2 is 2.23 bits per heavy atom. The highest BCUT2D eigenvalue weighted by Gasteiger charge is 2.23. The molecule has 0 aromatic carbocycles. The van der Waals surface area contributed by atoms with E-state index < -0.39 is 5.97 Å². The van der Waals surface area contributed by atoms with Crippen molar-refractivity contribution in [2.45, 2.75) is 64.3 Å². The number of aromatic nitrogens is 3. The number of carbonyl (C=O) groups is 2. The minimum absolute atomic E-state index is 0.160. The first-order valence-electron chi connectivity index (χ1n) is 10.1. The van der Waals surface area contributed by atoms with Crippen LogP contribution in [-0.4, -0.2) is 51.7 Å². The fraction of sp³-hybridized carbons (Fsp3) is 0.600. The van der Waals surface area contributed by atoms with Crippen LogP contribution in [0.4, 0.5) is 5.00 Å². The standard InChI is InChI=1S/C20H28N4O4S2/c1-5-27-19(26)15-9-13(4)30-18(15)21-16(25)11-29-20-23-22-17(12(2)3)24(20)10-14-7-6-8-28-14/h9,12,14H,5-8,10-11H2,1-4H3,(H,21,25). The maximum Gasteiger partial charge on any atom is 0.341 e. The number of amides is 1. The van der Waals surface area contributed by atoms with Crippen LogP contribution in [0.2, 0.25) is 0 Å². The van der Waals surface area contributed by atoms with Gasteiger partial charge in [0.25, 0.3) is 0 Å². The molecule has 2 aromatic heterocycles. The van der Waals surface area contributed by atoms with Crippen molar-refractivity contribution in [3.63, 3.8) is 0 Å². The topological polar surface area (TPSA) is 95.3 Å². The number of thioether (sulfide) groups is 1. The monoisotopic (exact) mass is 452 g/mol. The van der Waals surface area contributed by atoms with Crippen LogP contribution in [0.5, 0.6) is 0 Å². The van der Waals surface area contributed by atoms with Gasteiger partial charge >= 0.3 is 5.97 Å². The first kappa shape index (κ1) is 22.8. The predicted molar refractivity (Wildman–Crippen MR) is 117 cm³/mol. The minimum Gasteiger partial charge on any atom is -0.462 e. The number of anilines is 1. The summed E-state index contributed by atoms with van der Waals surface area (Å²) in [5.74, 6) is 0.657. The molecule has 0 spiro atoms. The Kier molecular flexibility index (Phi) is 7.90. The second-order valence-electron chi connectivity index (χ2n) is 7.40. The molecule has 1 amide bonds. The Balaban J connectivity index is 1.66. The van der Waals surface area contributed by atoms with E-state index in [0.29, 0.717) is 22.3 Å². The SMILES string of the molecule is CCOC(=O)c1cc(C)sc1NC(=O)CSc1nnc(C(C)C)n1CC1CCCO1. The first-order chi connectivity index (χ1) is 14.4. The van der Waals surface area contributed by atoms with Crippen molar-refractivity contribution >= 4 is 40.0 Å². The lowest BCUT2D eigenvalue weighted by Gasteiger charge is -2.15. The van der Waals surface area contributed by atoms with Gasteiger partial charge in [-0.2, -0.15) is 0 Å². The van der Waals surface area contributed by atoms with Gasteiger partial charge in [0.15, 0.2) is 5.16 Å². The quantitative estimate of drug-likeness (QED) is 0.456. The number of nitrogens with one attached hydrogen (secondary N) is 1. The van der Waals surface area contributed by atoms with E-state index in [2.05, 4.69) is 33.9 Å². The van der Waals surface area contributed by atoms with Gasteiger partial charge in [0.1, 0.15) is 10.8 Å². The molecule has 3 rings (SSSR count). The molecule has 1 aliphatic heterocycles. The second-order valence-corrected chi connectivity index (χ2v) is 9.60. The maximum atomic E-state index is 12.6. The third-order valence-electron chi connectivity index (χ3n) is 4.61. The van der Waals surface area contributed by atoms with Gasteiger partial charge in [0, 0.05) is 17.4 Å². The summed E-state index contributed by atoms with van der Waals surface area (Å²) in [7, 11) is 0. The van der Waals surface area contributed by atoms with Crippen LogP contribution in [0, 0.1) is 6.92 Å². The van der Waals surface area contributed by atoms with Crippen molar-refractivity contribution in [2.24, 2.45) is 0 Å². The molecule has 10 heteroatoms. The number of carbonyl (C=O) groups excluding carboxylic acids is 2. The summed E-state index contributed by atoms with van der Waals surface area (Å²) in [5, 5.41) is 12.7. The molecule has 1 atom stereocenters. The Hall–Kier alpha value is -1.91. The Labute approximate surface area is 184 Å². The molecule has 3 heterocycles. The van der Waals surface area contributed by atoms with E-state index in [9.17, 15) is 9.59 Å².